The molecule has 96 valence electrons. The molecule has 0 saturated carbocycles. The van der Waals surface area contributed by atoms with Crippen molar-refractivity contribution >= 4 is 33.2 Å². The molecule has 1 atom stereocenters. The standard InChI is InChI=1S/C10H12Cl2FNO2S/c1-2-7(11)6-14-17(15,16)10-5-8(13)3-4-9(10)12/h3-5,7,14H,2,6H2,1H3. The molecule has 1 aromatic carbocycles. The first-order chi connectivity index (χ1) is 7.86. The fraction of sp³-hybridized carbons (Fsp3) is 0.400. The average molecular weight is 300 g/mol. The molecule has 0 aromatic heterocycles. The number of alkyl halides is 1. The van der Waals surface area contributed by atoms with Gasteiger partial charge in [0.05, 0.1) is 5.02 Å². The summed E-state index contributed by atoms with van der Waals surface area (Å²) in [5, 5.41) is -0.335. The zero-order valence-corrected chi connectivity index (χ0v) is 11.4. The number of nitrogens with one attached hydrogen (secondary N) is 1. The van der Waals surface area contributed by atoms with Crippen molar-refractivity contribution in [3.05, 3.63) is 29.0 Å². The lowest BCUT2D eigenvalue weighted by Crippen LogP contribution is -2.29. The highest BCUT2D eigenvalue weighted by molar-refractivity contribution is 7.89. The molecule has 0 aliphatic heterocycles. The van der Waals surface area contributed by atoms with E-state index in [0.717, 1.165) is 12.1 Å². The maximum atomic E-state index is 13.0. The predicted molar refractivity (Wildman–Crippen MR) is 66.5 cm³/mol. The van der Waals surface area contributed by atoms with Crippen LogP contribution in [-0.2, 0) is 10.0 Å². The molecule has 0 radical (unpaired) electrons. The van der Waals surface area contributed by atoms with Crippen LogP contribution in [0.3, 0.4) is 0 Å². The molecule has 1 unspecified atom stereocenters. The van der Waals surface area contributed by atoms with Crippen LogP contribution in [0.2, 0.25) is 5.02 Å². The molecule has 0 saturated heterocycles. The Morgan fingerprint density at radius 1 is 1.47 bits per heavy atom. The summed E-state index contributed by atoms with van der Waals surface area (Å²) in [5.41, 5.74) is 0. The van der Waals surface area contributed by atoms with Crippen molar-refractivity contribution in [2.45, 2.75) is 23.6 Å². The van der Waals surface area contributed by atoms with Crippen molar-refractivity contribution in [3.63, 3.8) is 0 Å². The van der Waals surface area contributed by atoms with Crippen LogP contribution >= 0.6 is 23.2 Å². The van der Waals surface area contributed by atoms with Gasteiger partial charge in [0.25, 0.3) is 0 Å². The number of hydrogen-bond donors (Lipinski definition) is 1. The molecule has 0 aliphatic carbocycles. The van der Waals surface area contributed by atoms with Crippen LogP contribution in [0.15, 0.2) is 23.1 Å². The third-order valence-electron chi connectivity index (χ3n) is 2.12. The number of sulfonamides is 1. The molecular formula is C10H12Cl2FNO2S. The quantitative estimate of drug-likeness (QED) is 0.850. The van der Waals surface area contributed by atoms with Crippen molar-refractivity contribution in [2.75, 3.05) is 6.54 Å². The van der Waals surface area contributed by atoms with Gasteiger partial charge in [-0.3, -0.25) is 0 Å². The average Bonchev–Trinajstić information content (AvgIpc) is 2.29. The van der Waals surface area contributed by atoms with E-state index < -0.39 is 15.8 Å². The minimum Gasteiger partial charge on any atom is -0.210 e. The van der Waals surface area contributed by atoms with Gasteiger partial charge in [-0.2, -0.15) is 0 Å². The van der Waals surface area contributed by atoms with Crippen molar-refractivity contribution in [1.82, 2.24) is 4.72 Å². The van der Waals surface area contributed by atoms with Gasteiger partial charge in [0, 0.05) is 11.9 Å². The molecule has 3 nitrogen and oxygen atoms in total. The first-order valence-electron chi connectivity index (χ1n) is 4.95. The fourth-order valence-corrected chi connectivity index (χ4v) is 2.86. The van der Waals surface area contributed by atoms with Crippen LogP contribution in [0.5, 0.6) is 0 Å². The van der Waals surface area contributed by atoms with E-state index >= 15 is 0 Å². The second-order valence-electron chi connectivity index (χ2n) is 3.43. The second-order valence-corrected chi connectivity index (χ2v) is 6.19. The monoisotopic (exact) mass is 299 g/mol. The maximum absolute atomic E-state index is 13.0. The minimum atomic E-state index is -3.82. The first-order valence-corrected chi connectivity index (χ1v) is 7.25. The number of halogens is 3. The largest absolute Gasteiger partial charge is 0.242 e. The van der Waals surface area contributed by atoms with E-state index in [1.54, 1.807) is 0 Å². The van der Waals surface area contributed by atoms with E-state index in [-0.39, 0.29) is 21.8 Å². The van der Waals surface area contributed by atoms with Gasteiger partial charge in [-0.1, -0.05) is 18.5 Å². The predicted octanol–water partition coefficient (Wildman–Crippen LogP) is 2.77. The van der Waals surface area contributed by atoms with Crippen LogP contribution in [0, 0.1) is 5.82 Å². The summed E-state index contributed by atoms with van der Waals surface area (Å²) in [6.45, 7) is 1.91. The van der Waals surface area contributed by atoms with E-state index in [2.05, 4.69) is 4.72 Å². The molecule has 1 rings (SSSR count). The number of hydrogen-bond acceptors (Lipinski definition) is 2. The Balaban J connectivity index is 2.93. The third kappa shape index (κ3) is 4.10. The van der Waals surface area contributed by atoms with Crippen molar-refractivity contribution in [1.29, 1.82) is 0 Å². The SMILES string of the molecule is CCC(Cl)CNS(=O)(=O)c1cc(F)ccc1Cl. The van der Waals surface area contributed by atoms with Crippen LogP contribution in [-0.4, -0.2) is 20.3 Å². The molecule has 7 heteroatoms. The smallest absolute Gasteiger partial charge is 0.210 e. The Morgan fingerprint density at radius 3 is 2.71 bits per heavy atom. The summed E-state index contributed by atoms with van der Waals surface area (Å²) in [5.74, 6) is -0.660. The van der Waals surface area contributed by atoms with Crippen LogP contribution in [0.1, 0.15) is 13.3 Å². The van der Waals surface area contributed by atoms with Crippen molar-refractivity contribution in [3.8, 4) is 0 Å². The van der Waals surface area contributed by atoms with Gasteiger partial charge in [-0.05, 0) is 24.6 Å². The zero-order valence-electron chi connectivity index (χ0n) is 9.08. The fourth-order valence-electron chi connectivity index (χ4n) is 1.11. The van der Waals surface area contributed by atoms with Gasteiger partial charge in [-0.15, -0.1) is 11.6 Å². The highest BCUT2D eigenvalue weighted by Crippen LogP contribution is 2.22. The molecule has 0 aliphatic rings. The van der Waals surface area contributed by atoms with Crippen LogP contribution in [0.4, 0.5) is 4.39 Å². The van der Waals surface area contributed by atoms with Gasteiger partial charge in [-0.25, -0.2) is 17.5 Å². The second kappa shape index (κ2) is 6.00. The Kier molecular flexibility index (Phi) is 5.19. The number of benzene rings is 1. The van der Waals surface area contributed by atoms with Crippen molar-refractivity contribution in [2.24, 2.45) is 0 Å². The van der Waals surface area contributed by atoms with E-state index in [1.165, 1.54) is 6.07 Å². The van der Waals surface area contributed by atoms with Crippen LogP contribution < -0.4 is 4.72 Å². The van der Waals surface area contributed by atoms with Gasteiger partial charge in [0.2, 0.25) is 10.0 Å². The van der Waals surface area contributed by atoms with Gasteiger partial charge in [0.15, 0.2) is 0 Å². The molecule has 1 N–H and O–H groups in total. The molecule has 0 bridgehead atoms. The summed E-state index contributed by atoms with van der Waals surface area (Å²) >= 11 is 11.5. The van der Waals surface area contributed by atoms with E-state index in [1.807, 2.05) is 6.92 Å². The lowest BCUT2D eigenvalue weighted by atomic mass is 10.3. The van der Waals surface area contributed by atoms with E-state index in [4.69, 9.17) is 23.2 Å². The Hall–Kier alpha value is -0.360. The molecule has 17 heavy (non-hydrogen) atoms. The molecule has 1 aromatic rings. The summed E-state index contributed by atoms with van der Waals surface area (Å²) in [7, 11) is -3.82. The van der Waals surface area contributed by atoms with Gasteiger partial charge < -0.3 is 0 Å². The Morgan fingerprint density at radius 2 is 2.12 bits per heavy atom. The Bertz CT molecular complexity index is 493. The molecule has 0 amide bonds. The summed E-state index contributed by atoms with van der Waals surface area (Å²) in [4.78, 5) is -0.279. The van der Waals surface area contributed by atoms with Crippen LogP contribution in [0.25, 0.3) is 0 Å². The minimum absolute atomic E-state index is 0.0264. The number of rotatable bonds is 5. The molecule has 0 fully saturated rings. The molecular weight excluding hydrogens is 288 g/mol. The van der Waals surface area contributed by atoms with Gasteiger partial charge >= 0.3 is 0 Å². The highest BCUT2D eigenvalue weighted by Gasteiger charge is 2.19. The molecule has 0 heterocycles. The first kappa shape index (κ1) is 14.7. The lowest BCUT2D eigenvalue weighted by molar-refractivity contribution is 0.575. The Labute approximate surface area is 110 Å². The lowest BCUT2D eigenvalue weighted by Gasteiger charge is -2.10. The maximum Gasteiger partial charge on any atom is 0.242 e. The highest BCUT2D eigenvalue weighted by atomic mass is 35.5. The van der Waals surface area contributed by atoms with Gasteiger partial charge in [0.1, 0.15) is 10.7 Å². The van der Waals surface area contributed by atoms with E-state index in [9.17, 15) is 12.8 Å². The normalized spacial score (nSPS) is 13.6. The third-order valence-corrected chi connectivity index (χ3v) is 4.49. The summed E-state index contributed by atoms with van der Waals surface area (Å²) < 4.78 is 38.9. The summed E-state index contributed by atoms with van der Waals surface area (Å²) in [6, 6.07) is 3.17. The van der Waals surface area contributed by atoms with E-state index in [0.29, 0.717) is 6.42 Å². The summed E-state index contributed by atoms with van der Waals surface area (Å²) in [6.07, 6.45) is 0.626. The topological polar surface area (TPSA) is 46.2 Å². The zero-order chi connectivity index (χ0) is 13.1. The molecule has 0 spiro atoms. The van der Waals surface area contributed by atoms with Crippen molar-refractivity contribution < 1.29 is 12.8 Å².